The molecule has 6 aliphatic rings. The number of epoxide rings is 1. The lowest BCUT2D eigenvalue weighted by atomic mass is 9.45. The van der Waals surface area contributed by atoms with Crippen molar-refractivity contribution >= 4 is 42.1 Å². The molecule has 0 radical (unpaired) electrons. The standard InChI is InChI=1S/C36H46O15/c1-13-10-21-35(8,36(9,45)32(44)51-21)25-22(13)34(7)23(27(25)46-14(2)38)18(12-37)24(28(47-15(3)39)30(34)49-17(5)41)33(6)19(31(42)43)11-20-26(50-20)29(33)48-16(4)40/h10,12-13,18-20,22-30,45H,11H2,1-9H3,(H,42,43)/t13-,18?,19?,20+,22?,23?,24?,25?,26+,27-,28+,29+,30+,33+,34-,35+,36-/m1/s1. The first kappa shape index (κ1) is 36.9. The Labute approximate surface area is 294 Å². The molecule has 0 aromatic carbocycles. The van der Waals surface area contributed by atoms with Gasteiger partial charge < -0.3 is 43.4 Å². The van der Waals surface area contributed by atoms with Gasteiger partial charge in [-0.2, -0.15) is 0 Å². The van der Waals surface area contributed by atoms with Gasteiger partial charge in [0, 0.05) is 62.2 Å². The number of carboxylic acids is 1. The summed E-state index contributed by atoms with van der Waals surface area (Å²) in [6, 6.07) is 0. The van der Waals surface area contributed by atoms with Gasteiger partial charge in [-0.3, -0.25) is 24.0 Å². The zero-order valence-electron chi connectivity index (χ0n) is 30.1. The Kier molecular flexibility index (Phi) is 8.57. The third kappa shape index (κ3) is 4.92. The van der Waals surface area contributed by atoms with E-state index in [0.29, 0.717) is 6.29 Å². The van der Waals surface area contributed by atoms with E-state index in [4.69, 9.17) is 28.4 Å². The fourth-order valence-corrected chi connectivity index (χ4v) is 11.6. The summed E-state index contributed by atoms with van der Waals surface area (Å²) in [5, 5.41) is 22.6. The molecule has 280 valence electrons. The quantitative estimate of drug-likeness (QED) is 0.166. The van der Waals surface area contributed by atoms with Crippen LogP contribution in [0.5, 0.6) is 0 Å². The second kappa shape index (κ2) is 11.8. The maximum absolute atomic E-state index is 13.9. The van der Waals surface area contributed by atoms with Crippen LogP contribution in [0.25, 0.3) is 0 Å². The predicted molar refractivity (Wildman–Crippen MR) is 168 cm³/mol. The van der Waals surface area contributed by atoms with Gasteiger partial charge in [-0.25, -0.2) is 4.79 Å². The average molecular weight is 719 g/mol. The summed E-state index contributed by atoms with van der Waals surface area (Å²) >= 11 is 0. The lowest BCUT2D eigenvalue weighted by Gasteiger charge is -2.61. The Bertz CT molecular complexity index is 1620. The molecule has 0 aromatic rings. The van der Waals surface area contributed by atoms with Gasteiger partial charge in [-0.05, 0) is 38.2 Å². The van der Waals surface area contributed by atoms with E-state index in [0.717, 1.165) is 20.8 Å². The van der Waals surface area contributed by atoms with Gasteiger partial charge in [-0.15, -0.1) is 0 Å². The van der Waals surface area contributed by atoms with Crippen LogP contribution in [0.1, 0.15) is 68.7 Å². The average Bonchev–Trinajstić information content (AvgIpc) is 3.69. The Hall–Kier alpha value is -3.85. The van der Waals surface area contributed by atoms with E-state index < -0.39 is 136 Å². The third-order valence-electron chi connectivity index (χ3n) is 13.5. The summed E-state index contributed by atoms with van der Waals surface area (Å²) in [6.07, 6.45) is -4.41. The highest BCUT2D eigenvalue weighted by Gasteiger charge is 2.82. The third-order valence-corrected chi connectivity index (χ3v) is 13.5. The number of carbonyl (C=O) groups excluding carboxylic acids is 6. The van der Waals surface area contributed by atoms with Crippen LogP contribution in [0.2, 0.25) is 0 Å². The van der Waals surface area contributed by atoms with Crippen LogP contribution in [0.4, 0.5) is 0 Å². The highest BCUT2D eigenvalue weighted by molar-refractivity contribution is 5.85. The number of ether oxygens (including phenoxy) is 6. The van der Waals surface area contributed by atoms with Crippen molar-refractivity contribution in [3.63, 3.8) is 0 Å². The molecule has 2 heterocycles. The maximum atomic E-state index is 13.9. The van der Waals surface area contributed by atoms with Crippen LogP contribution < -0.4 is 0 Å². The van der Waals surface area contributed by atoms with Crippen LogP contribution >= 0.6 is 0 Å². The van der Waals surface area contributed by atoms with Crippen molar-refractivity contribution in [1.29, 1.82) is 0 Å². The largest absolute Gasteiger partial charge is 0.481 e. The number of aliphatic hydroxyl groups is 1. The minimum absolute atomic E-state index is 0.0212. The Morgan fingerprint density at radius 3 is 1.86 bits per heavy atom. The first-order valence-corrected chi connectivity index (χ1v) is 17.3. The van der Waals surface area contributed by atoms with Gasteiger partial charge in [0.15, 0.2) is 5.60 Å². The van der Waals surface area contributed by atoms with Crippen LogP contribution in [0.3, 0.4) is 0 Å². The molecule has 2 N–H and O–H groups in total. The van der Waals surface area contributed by atoms with E-state index >= 15 is 0 Å². The Morgan fingerprint density at radius 2 is 1.33 bits per heavy atom. The van der Waals surface area contributed by atoms with Crippen molar-refractivity contribution in [2.45, 2.75) is 111 Å². The van der Waals surface area contributed by atoms with Gasteiger partial charge in [0.25, 0.3) is 0 Å². The number of aliphatic carboxylic acids is 1. The normalized spacial score (nSPS) is 49.0. The van der Waals surface area contributed by atoms with E-state index in [1.807, 2.05) is 6.92 Å². The van der Waals surface area contributed by atoms with Crippen molar-refractivity contribution in [3.05, 3.63) is 11.8 Å². The zero-order valence-corrected chi connectivity index (χ0v) is 30.1. The second-order valence-corrected chi connectivity index (χ2v) is 16.1. The topological polar surface area (TPSA) is 219 Å². The summed E-state index contributed by atoms with van der Waals surface area (Å²) in [7, 11) is 0. The van der Waals surface area contributed by atoms with Gasteiger partial charge in [0.1, 0.15) is 42.6 Å². The predicted octanol–water partition coefficient (Wildman–Crippen LogP) is 1.75. The summed E-state index contributed by atoms with van der Waals surface area (Å²) in [6.45, 7) is 12.6. The summed E-state index contributed by atoms with van der Waals surface area (Å²) in [5.74, 6) is -12.4. The number of aldehydes is 1. The summed E-state index contributed by atoms with van der Waals surface area (Å²) in [5.41, 5.74) is -6.78. The summed E-state index contributed by atoms with van der Waals surface area (Å²) < 4.78 is 35.7. The van der Waals surface area contributed by atoms with Crippen molar-refractivity contribution < 1.29 is 72.2 Å². The van der Waals surface area contributed by atoms with E-state index in [1.165, 1.54) is 13.8 Å². The number of rotatable bonds is 7. The monoisotopic (exact) mass is 718 g/mol. The van der Waals surface area contributed by atoms with Crippen molar-refractivity contribution in [1.82, 2.24) is 0 Å². The molecular weight excluding hydrogens is 672 g/mol. The number of hydrogen-bond donors (Lipinski definition) is 2. The van der Waals surface area contributed by atoms with Crippen LogP contribution in [0.15, 0.2) is 11.8 Å². The molecule has 3 saturated carbocycles. The number of hydrogen-bond acceptors (Lipinski definition) is 14. The van der Waals surface area contributed by atoms with Crippen LogP contribution in [0, 0.1) is 57.7 Å². The lowest BCUT2D eigenvalue weighted by Crippen LogP contribution is -2.70. The fourth-order valence-electron chi connectivity index (χ4n) is 11.6. The van der Waals surface area contributed by atoms with E-state index in [9.17, 15) is 43.8 Å². The zero-order chi connectivity index (χ0) is 37.9. The van der Waals surface area contributed by atoms with E-state index in [1.54, 1.807) is 26.8 Å². The maximum Gasteiger partial charge on any atom is 0.343 e. The summed E-state index contributed by atoms with van der Waals surface area (Å²) in [4.78, 5) is 92.1. The molecule has 6 rings (SSSR count). The highest BCUT2D eigenvalue weighted by Crippen LogP contribution is 2.74. The molecule has 0 spiro atoms. The molecule has 0 amide bonds. The molecule has 15 nitrogen and oxygen atoms in total. The molecule has 15 heteroatoms. The lowest BCUT2D eigenvalue weighted by molar-refractivity contribution is -0.249. The van der Waals surface area contributed by atoms with Gasteiger partial charge in [0.2, 0.25) is 0 Å². The van der Waals surface area contributed by atoms with Crippen LogP contribution in [-0.2, 0) is 62.0 Å². The fraction of sp³-hybridized carbons (Fsp3) is 0.750. The number of fused-ring (bicyclic) bond motifs is 6. The molecule has 0 bridgehead atoms. The van der Waals surface area contributed by atoms with Crippen molar-refractivity contribution in [3.8, 4) is 0 Å². The Balaban J connectivity index is 1.68. The molecule has 6 unspecified atom stereocenters. The van der Waals surface area contributed by atoms with E-state index in [2.05, 4.69) is 0 Å². The minimum Gasteiger partial charge on any atom is -0.481 e. The molecule has 0 aromatic heterocycles. The molecule has 4 aliphatic carbocycles. The number of allylic oxidation sites excluding steroid dienone is 1. The number of carboxylic acid groups (broad SMARTS) is 1. The number of carbonyl (C=O) groups is 7. The minimum atomic E-state index is -2.14. The SMILES string of the molecule is CC(=O)O[C@@H]1C2C(C=O)C([C@]3(C)C(C(=O)O)C[C@@H]4O[C@@H]4[C@@H]3OC(C)=O)[C@H](OC(C)=O)[C@H](OC(C)=O)[C@]2(C)C2C1[C@]1(C)C(=C[C@H]2C)OC(=O)[C@@]1(C)O. The van der Waals surface area contributed by atoms with Gasteiger partial charge >= 0.3 is 35.8 Å². The molecular formula is C36H46O15. The van der Waals surface area contributed by atoms with Crippen molar-refractivity contribution in [2.24, 2.45) is 57.7 Å². The van der Waals surface area contributed by atoms with Gasteiger partial charge in [-0.1, -0.05) is 20.8 Å². The molecule has 17 atom stereocenters. The van der Waals surface area contributed by atoms with Crippen LogP contribution in [-0.4, -0.2) is 94.5 Å². The van der Waals surface area contributed by atoms with E-state index in [-0.39, 0.29) is 12.2 Å². The number of esters is 5. The Morgan fingerprint density at radius 1 is 0.804 bits per heavy atom. The molecule has 5 fully saturated rings. The highest BCUT2D eigenvalue weighted by atomic mass is 16.6. The molecule has 2 aliphatic heterocycles. The molecule has 2 saturated heterocycles. The molecule has 51 heavy (non-hydrogen) atoms. The first-order chi connectivity index (χ1) is 23.6. The smallest absolute Gasteiger partial charge is 0.343 e. The van der Waals surface area contributed by atoms with Crippen molar-refractivity contribution in [2.75, 3.05) is 0 Å². The second-order valence-electron chi connectivity index (χ2n) is 16.1. The van der Waals surface area contributed by atoms with Gasteiger partial charge in [0.05, 0.1) is 17.4 Å². The first-order valence-electron chi connectivity index (χ1n) is 17.3.